The Hall–Kier alpha value is -2.73. The first-order valence-corrected chi connectivity index (χ1v) is 8.46. The van der Waals surface area contributed by atoms with Crippen LogP contribution in [0, 0.1) is 0 Å². The summed E-state index contributed by atoms with van der Waals surface area (Å²) in [5.41, 5.74) is 3.13. The van der Waals surface area contributed by atoms with Crippen LogP contribution in [0.25, 0.3) is 11.2 Å². The molecule has 1 aromatic carbocycles. The average Bonchev–Trinajstić information content (AvgIpc) is 2.88. The summed E-state index contributed by atoms with van der Waals surface area (Å²) in [7, 11) is 1.88. The highest BCUT2D eigenvalue weighted by Crippen LogP contribution is 2.25. The number of imidazole rings is 1. The largest absolute Gasteiger partial charge is 0.372 e. The second-order valence-corrected chi connectivity index (χ2v) is 6.24. The number of amides is 1. The molecule has 0 spiro atoms. The third kappa shape index (κ3) is 3.00. The van der Waals surface area contributed by atoms with Crippen LogP contribution in [-0.2, 0) is 11.8 Å². The Morgan fingerprint density at radius 2 is 2.00 bits per heavy atom. The zero-order valence-electron chi connectivity index (χ0n) is 14.1. The second kappa shape index (κ2) is 6.64. The van der Waals surface area contributed by atoms with Crippen LogP contribution in [0.2, 0.25) is 0 Å². The van der Waals surface area contributed by atoms with E-state index in [2.05, 4.69) is 22.1 Å². The van der Waals surface area contributed by atoms with Gasteiger partial charge in [-0.15, -0.1) is 0 Å². The van der Waals surface area contributed by atoms with Crippen LogP contribution in [0.1, 0.15) is 28.4 Å². The summed E-state index contributed by atoms with van der Waals surface area (Å²) in [5, 5.41) is 0. The Bertz CT molecular complexity index is 891. The number of hydrogen-bond acceptors (Lipinski definition) is 4. The molecule has 1 unspecified atom stereocenters. The molecule has 25 heavy (non-hydrogen) atoms. The SMILES string of the molecule is Cn1cnc2c(C(=O)N3CCOC(c4ccccc4)CC3)ccnc21. The van der Waals surface area contributed by atoms with Gasteiger partial charge in [-0.3, -0.25) is 4.79 Å². The lowest BCUT2D eigenvalue weighted by atomic mass is 10.1. The minimum Gasteiger partial charge on any atom is -0.372 e. The molecule has 1 fully saturated rings. The van der Waals surface area contributed by atoms with E-state index in [4.69, 9.17) is 4.74 Å². The van der Waals surface area contributed by atoms with Gasteiger partial charge in [-0.25, -0.2) is 9.97 Å². The Morgan fingerprint density at radius 3 is 2.84 bits per heavy atom. The summed E-state index contributed by atoms with van der Waals surface area (Å²) < 4.78 is 7.79. The monoisotopic (exact) mass is 336 g/mol. The van der Waals surface area contributed by atoms with Crippen LogP contribution in [0.4, 0.5) is 0 Å². The minimum atomic E-state index is -0.0107. The van der Waals surface area contributed by atoms with Gasteiger partial charge >= 0.3 is 0 Å². The van der Waals surface area contributed by atoms with Gasteiger partial charge in [-0.05, 0) is 18.1 Å². The Labute approximate surface area is 146 Å². The molecule has 1 aliphatic rings. The Kier molecular flexibility index (Phi) is 4.19. The molecular formula is C19H20N4O2. The fourth-order valence-electron chi connectivity index (χ4n) is 3.28. The number of aromatic nitrogens is 3. The third-order valence-corrected chi connectivity index (χ3v) is 4.63. The van der Waals surface area contributed by atoms with Gasteiger partial charge in [-0.1, -0.05) is 30.3 Å². The molecule has 3 heterocycles. The molecule has 2 aromatic heterocycles. The van der Waals surface area contributed by atoms with E-state index >= 15 is 0 Å². The summed E-state index contributed by atoms with van der Waals surface area (Å²) >= 11 is 0. The summed E-state index contributed by atoms with van der Waals surface area (Å²) in [5.74, 6) is -0.0107. The molecule has 6 heteroatoms. The van der Waals surface area contributed by atoms with Gasteiger partial charge in [0.15, 0.2) is 5.65 Å². The van der Waals surface area contributed by atoms with E-state index in [9.17, 15) is 4.79 Å². The number of pyridine rings is 1. The number of ether oxygens (including phenoxy) is 1. The Morgan fingerprint density at radius 1 is 1.16 bits per heavy atom. The maximum absolute atomic E-state index is 13.0. The van der Waals surface area contributed by atoms with Crippen molar-refractivity contribution in [3.8, 4) is 0 Å². The first-order chi connectivity index (χ1) is 12.2. The van der Waals surface area contributed by atoms with Gasteiger partial charge in [0.2, 0.25) is 0 Å². The van der Waals surface area contributed by atoms with Gasteiger partial charge in [0.1, 0.15) is 5.52 Å². The smallest absolute Gasteiger partial charge is 0.256 e. The summed E-state index contributed by atoms with van der Waals surface area (Å²) in [6.07, 6.45) is 4.17. The fourth-order valence-corrected chi connectivity index (χ4v) is 3.28. The molecule has 0 N–H and O–H groups in total. The predicted molar refractivity (Wildman–Crippen MR) is 94.2 cm³/mol. The number of carbonyl (C=O) groups excluding carboxylic acids is 1. The summed E-state index contributed by atoms with van der Waals surface area (Å²) in [6, 6.07) is 11.9. The standard InChI is InChI=1S/C19H20N4O2/c1-22-13-21-17-15(7-9-20-18(17)22)19(24)23-10-8-16(25-12-11-23)14-5-3-2-4-6-14/h2-7,9,13,16H,8,10-12H2,1H3. The molecule has 1 atom stereocenters. The van der Waals surface area contributed by atoms with Crippen LogP contribution in [0.5, 0.6) is 0 Å². The molecule has 0 aliphatic carbocycles. The van der Waals surface area contributed by atoms with Crippen molar-refractivity contribution < 1.29 is 9.53 Å². The lowest BCUT2D eigenvalue weighted by Crippen LogP contribution is -2.33. The number of hydrogen-bond donors (Lipinski definition) is 0. The lowest BCUT2D eigenvalue weighted by molar-refractivity contribution is 0.0585. The molecule has 1 aliphatic heterocycles. The molecule has 3 aromatic rings. The van der Waals surface area contributed by atoms with Crippen molar-refractivity contribution in [2.45, 2.75) is 12.5 Å². The molecule has 1 saturated heterocycles. The molecule has 6 nitrogen and oxygen atoms in total. The van der Waals surface area contributed by atoms with Crippen LogP contribution in [0.3, 0.4) is 0 Å². The van der Waals surface area contributed by atoms with E-state index in [1.165, 1.54) is 0 Å². The Balaban J connectivity index is 1.55. The molecule has 0 radical (unpaired) electrons. The van der Waals surface area contributed by atoms with Gasteiger partial charge in [0.25, 0.3) is 5.91 Å². The molecule has 4 rings (SSSR count). The highest BCUT2D eigenvalue weighted by molar-refractivity contribution is 6.04. The number of fused-ring (bicyclic) bond motifs is 1. The maximum atomic E-state index is 13.0. The summed E-state index contributed by atoms with van der Waals surface area (Å²) in [6.45, 7) is 1.77. The quantitative estimate of drug-likeness (QED) is 0.722. The van der Waals surface area contributed by atoms with Crippen molar-refractivity contribution in [2.75, 3.05) is 19.7 Å². The van der Waals surface area contributed by atoms with E-state index < -0.39 is 0 Å². The highest BCUT2D eigenvalue weighted by Gasteiger charge is 2.24. The van der Waals surface area contributed by atoms with Gasteiger partial charge < -0.3 is 14.2 Å². The highest BCUT2D eigenvalue weighted by atomic mass is 16.5. The maximum Gasteiger partial charge on any atom is 0.256 e. The third-order valence-electron chi connectivity index (χ3n) is 4.63. The lowest BCUT2D eigenvalue weighted by Gasteiger charge is -2.20. The number of nitrogens with zero attached hydrogens (tertiary/aromatic N) is 4. The van der Waals surface area contributed by atoms with Crippen molar-refractivity contribution in [1.29, 1.82) is 0 Å². The van der Waals surface area contributed by atoms with E-state index in [-0.39, 0.29) is 12.0 Å². The van der Waals surface area contributed by atoms with Crippen LogP contribution in [-0.4, -0.2) is 45.0 Å². The van der Waals surface area contributed by atoms with Crippen LogP contribution in [0.15, 0.2) is 48.9 Å². The second-order valence-electron chi connectivity index (χ2n) is 6.24. The zero-order valence-corrected chi connectivity index (χ0v) is 14.1. The number of aryl methyl sites for hydroxylation is 1. The van der Waals surface area contributed by atoms with Crippen molar-refractivity contribution in [1.82, 2.24) is 19.4 Å². The van der Waals surface area contributed by atoms with Crippen LogP contribution >= 0.6 is 0 Å². The van der Waals surface area contributed by atoms with Crippen molar-refractivity contribution in [3.63, 3.8) is 0 Å². The molecule has 0 saturated carbocycles. The predicted octanol–water partition coefficient (Wildman–Crippen LogP) is 2.57. The van der Waals surface area contributed by atoms with E-state index in [1.807, 2.05) is 34.7 Å². The number of rotatable bonds is 2. The van der Waals surface area contributed by atoms with Gasteiger partial charge in [0, 0.05) is 26.3 Å². The molecule has 1 amide bonds. The normalized spacial score (nSPS) is 18.3. The van der Waals surface area contributed by atoms with Crippen molar-refractivity contribution >= 4 is 17.1 Å². The van der Waals surface area contributed by atoms with Crippen molar-refractivity contribution in [3.05, 3.63) is 60.0 Å². The molecular weight excluding hydrogens is 316 g/mol. The molecule has 128 valence electrons. The van der Waals surface area contributed by atoms with E-state index in [0.29, 0.717) is 30.8 Å². The molecule has 0 bridgehead atoms. The summed E-state index contributed by atoms with van der Waals surface area (Å²) in [4.78, 5) is 23.5. The number of benzene rings is 1. The minimum absolute atomic E-state index is 0.0107. The average molecular weight is 336 g/mol. The van der Waals surface area contributed by atoms with Gasteiger partial charge in [-0.2, -0.15) is 0 Å². The van der Waals surface area contributed by atoms with Crippen molar-refractivity contribution in [2.24, 2.45) is 7.05 Å². The first-order valence-electron chi connectivity index (χ1n) is 8.46. The fraction of sp³-hybridized carbons (Fsp3) is 0.316. The number of carbonyl (C=O) groups is 1. The van der Waals surface area contributed by atoms with E-state index in [1.54, 1.807) is 18.6 Å². The first kappa shape index (κ1) is 15.8. The van der Waals surface area contributed by atoms with E-state index in [0.717, 1.165) is 17.6 Å². The zero-order chi connectivity index (χ0) is 17.2. The van der Waals surface area contributed by atoms with Gasteiger partial charge in [0.05, 0.1) is 24.6 Å². The topological polar surface area (TPSA) is 60.2 Å². The van der Waals surface area contributed by atoms with Crippen LogP contribution < -0.4 is 0 Å².